The van der Waals surface area contributed by atoms with Crippen molar-refractivity contribution in [3.63, 3.8) is 0 Å². The lowest BCUT2D eigenvalue weighted by Gasteiger charge is -2.49. The first-order chi connectivity index (χ1) is 16.1. The Balaban J connectivity index is 2.15. The van der Waals surface area contributed by atoms with Gasteiger partial charge in [0.1, 0.15) is 16.5 Å². The molecule has 0 saturated heterocycles. The second-order valence-corrected chi connectivity index (χ2v) is 26.5. The van der Waals surface area contributed by atoms with E-state index in [2.05, 4.69) is 85.1 Å². The monoisotopic (exact) mass is 537 g/mol. The van der Waals surface area contributed by atoms with Crippen LogP contribution in [-0.2, 0) is 4.43 Å². The van der Waals surface area contributed by atoms with Crippen molar-refractivity contribution in [3.8, 4) is 0 Å². The summed E-state index contributed by atoms with van der Waals surface area (Å²) in [7, 11) is -1.84. The van der Waals surface area contributed by atoms with Crippen LogP contribution >= 0.6 is 0 Å². The smallest absolute Gasteiger partial charge is 0.230 e. The van der Waals surface area contributed by atoms with Crippen molar-refractivity contribution < 1.29 is 4.43 Å². The Kier molecular flexibility index (Phi) is 12.3. The molecular weight excluding hydrogens is 475 g/mol. The Bertz CT molecular complexity index is 566. The highest BCUT2D eigenvalue weighted by molar-refractivity contribution is 6.89. The van der Waals surface area contributed by atoms with Gasteiger partial charge in [-0.25, -0.2) is 0 Å². The van der Waals surface area contributed by atoms with Crippen molar-refractivity contribution >= 4 is 26.2 Å². The van der Waals surface area contributed by atoms with Crippen molar-refractivity contribution in [3.05, 3.63) is 0 Å². The molecular formula is C30H63NOSi3. The zero-order valence-electron chi connectivity index (χ0n) is 25.9. The molecule has 2 nitrogen and oxygen atoms in total. The molecule has 0 aromatic carbocycles. The van der Waals surface area contributed by atoms with Crippen LogP contribution in [0.1, 0.15) is 86.5 Å². The van der Waals surface area contributed by atoms with Crippen molar-refractivity contribution in [2.45, 2.75) is 138 Å². The molecule has 5 heteroatoms. The van der Waals surface area contributed by atoms with Crippen LogP contribution in [0.15, 0.2) is 0 Å². The largest absolute Gasteiger partial charge is 0.414 e. The highest BCUT2D eigenvalue weighted by Gasteiger charge is 2.44. The van der Waals surface area contributed by atoms with E-state index in [1.54, 1.807) is 0 Å². The van der Waals surface area contributed by atoms with E-state index in [-0.39, 0.29) is 0 Å². The van der Waals surface area contributed by atoms with Crippen molar-refractivity contribution in [1.82, 2.24) is 4.23 Å². The Hall–Kier alpha value is 0.571. The van der Waals surface area contributed by atoms with E-state index in [0.29, 0.717) is 15.9 Å². The third-order valence-electron chi connectivity index (χ3n) is 9.49. The van der Waals surface area contributed by atoms with E-state index in [1.807, 2.05) is 0 Å². The first kappa shape index (κ1) is 31.8. The lowest BCUT2D eigenvalue weighted by Crippen LogP contribution is -2.59. The molecule has 35 heavy (non-hydrogen) atoms. The Morgan fingerprint density at radius 1 is 0.714 bits per heavy atom. The predicted octanol–water partition coefficient (Wildman–Crippen LogP) is 9.19. The second kappa shape index (κ2) is 13.6. The van der Waals surface area contributed by atoms with Gasteiger partial charge in [0.05, 0.1) is 6.10 Å². The van der Waals surface area contributed by atoms with E-state index >= 15 is 0 Å². The third-order valence-corrected chi connectivity index (χ3v) is 18.2. The fourth-order valence-electron chi connectivity index (χ4n) is 7.94. The van der Waals surface area contributed by atoms with E-state index in [9.17, 15) is 0 Å². The molecule has 2 aliphatic rings. The summed E-state index contributed by atoms with van der Waals surface area (Å²) in [5.74, 6) is 6.52. The molecule has 2 rings (SSSR count). The van der Waals surface area contributed by atoms with Gasteiger partial charge in [0.2, 0.25) is 9.76 Å². The Morgan fingerprint density at radius 3 is 1.51 bits per heavy atom. The Labute approximate surface area is 226 Å². The maximum absolute atomic E-state index is 7.16. The van der Waals surface area contributed by atoms with Gasteiger partial charge in [-0.15, -0.1) is 0 Å². The average Bonchev–Trinajstić information content (AvgIpc) is 2.70. The summed E-state index contributed by atoms with van der Waals surface area (Å²) in [5, 5.41) is 0. The molecule has 0 aromatic heterocycles. The molecule has 2 aliphatic carbocycles. The highest BCUT2D eigenvalue weighted by atomic mass is 28.4. The summed E-state index contributed by atoms with van der Waals surface area (Å²) < 4.78 is 10.1. The molecule has 2 radical (unpaired) electrons. The standard InChI is InChI=1S/C30H63NOSi3/c1-22(2)26-16-14-24(5)20-28(26)30(29-21-25(6)15-17-27(29)23(3)4)32-33-19-13-18-31(34(7,8)9)35(10,11)12/h22-30H,13-21H2,1-12H3. The number of hydrogen-bond acceptors (Lipinski definition) is 2. The topological polar surface area (TPSA) is 12.5 Å². The minimum absolute atomic E-state index is 0.490. The lowest BCUT2D eigenvalue weighted by molar-refractivity contribution is -0.0454. The SMILES string of the molecule is CC1CCC(C(C)C)C(C(O[Si]CCCN([Si](C)(C)C)[Si](C)(C)C)C2CC(C)CCC2C(C)C)C1. The van der Waals surface area contributed by atoms with Crippen LogP contribution in [0.4, 0.5) is 0 Å². The first-order valence-corrected chi connectivity index (χ1v) is 23.3. The van der Waals surface area contributed by atoms with Crippen LogP contribution in [0.25, 0.3) is 0 Å². The molecule has 0 N–H and O–H groups in total. The van der Waals surface area contributed by atoms with Crippen LogP contribution in [0, 0.1) is 47.3 Å². The zero-order valence-corrected chi connectivity index (χ0v) is 28.9. The van der Waals surface area contributed by atoms with Gasteiger partial charge in [-0.2, -0.15) is 0 Å². The molecule has 0 amide bonds. The summed E-state index contributed by atoms with van der Waals surface area (Å²) >= 11 is 0. The minimum Gasteiger partial charge on any atom is -0.414 e. The van der Waals surface area contributed by atoms with Gasteiger partial charge in [-0.1, -0.05) is 93.7 Å². The molecule has 2 saturated carbocycles. The van der Waals surface area contributed by atoms with Crippen LogP contribution in [-0.4, -0.2) is 43.1 Å². The normalized spacial score (nSPS) is 32.0. The van der Waals surface area contributed by atoms with Gasteiger partial charge >= 0.3 is 0 Å². The summed E-state index contributed by atoms with van der Waals surface area (Å²) in [5.41, 5.74) is 0. The van der Waals surface area contributed by atoms with Gasteiger partial charge in [-0.3, -0.25) is 0 Å². The molecule has 6 atom stereocenters. The molecule has 206 valence electrons. The second-order valence-electron chi connectivity index (χ2n) is 15.3. The fourth-order valence-corrected chi connectivity index (χ4v) is 18.6. The zero-order chi connectivity index (χ0) is 26.6. The third kappa shape index (κ3) is 9.37. The van der Waals surface area contributed by atoms with Crippen LogP contribution in [0.2, 0.25) is 45.3 Å². The lowest BCUT2D eigenvalue weighted by atomic mass is 9.60. The Morgan fingerprint density at radius 2 is 1.14 bits per heavy atom. The minimum atomic E-state index is -1.26. The van der Waals surface area contributed by atoms with Gasteiger partial charge < -0.3 is 8.66 Å². The maximum Gasteiger partial charge on any atom is 0.230 e. The molecule has 0 bridgehead atoms. The van der Waals surface area contributed by atoms with Crippen LogP contribution < -0.4 is 0 Å². The van der Waals surface area contributed by atoms with Gasteiger partial charge in [-0.05, 0) is 92.0 Å². The number of hydrogen-bond donors (Lipinski definition) is 0. The van der Waals surface area contributed by atoms with E-state index in [0.717, 1.165) is 47.3 Å². The molecule has 2 fully saturated rings. The highest BCUT2D eigenvalue weighted by Crippen LogP contribution is 2.48. The fraction of sp³-hybridized carbons (Fsp3) is 1.00. The van der Waals surface area contributed by atoms with Crippen molar-refractivity contribution in [1.29, 1.82) is 0 Å². The summed E-state index contributed by atoms with van der Waals surface area (Å²) in [4.78, 5) is 0. The summed E-state index contributed by atoms with van der Waals surface area (Å²) in [6, 6.07) is 1.26. The predicted molar refractivity (Wildman–Crippen MR) is 163 cm³/mol. The van der Waals surface area contributed by atoms with Crippen LogP contribution in [0.5, 0.6) is 0 Å². The van der Waals surface area contributed by atoms with E-state index in [1.165, 1.54) is 57.5 Å². The quantitative estimate of drug-likeness (QED) is 0.182. The van der Waals surface area contributed by atoms with Gasteiger partial charge in [0.15, 0.2) is 0 Å². The van der Waals surface area contributed by atoms with E-state index < -0.39 is 16.5 Å². The number of nitrogens with zero attached hydrogens (tertiary/aromatic N) is 1. The van der Waals surface area contributed by atoms with Crippen molar-refractivity contribution in [2.24, 2.45) is 47.3 Å². The molecule has 0 aromatic rings. The van der Waals surface area contributed by atoms with Crippen LogP contribution in [0.3, 0.4) is 0 Å². The van der Waals surface area contributed by atoms with Gasteiger partial charge in [0, 0.05) is 0 Å². The van der Waals surface area contributed by atoms with Crippen molar-refractivity contribution in [2.75, 3.05) is 6.54 Å². The summed E-state index contributed by atoms with van der Waals surface area (Å²) in [6.07, 6.45) is 10.3. The molecule has 6 unspecified atom stereocenters. The van der Waals surface area contributed by atoms with E-state index in [4.69, 9.17) is 4.43 Å². The molecule has 0 spiro atoms. The molecule has 0 heterocycles. The summed E-state index contributed by atoms with van der Waals surface area (Å²) in [6.45, 7) is 31.4. The van der Waals surface area contributed by atoms with Gasteiger partial charge in [0.25, 0.3) is 0 Å². The maximum atomic E-state index is 7.16. The molecule has 0 aliphatic heterocycles. The average molecular weight is 538 g/mol. The number of rotatable bonds is 12. The first-order valence-electron chi connectivity index (χ1n) is 15.3.